The Bertz CT molecular complexity index is 1490. The number of carboxylic acid groups (broad SMARTS) is 1. The lowest BCUT2D eigenvalue weighted by Crippen LogP contribution is -2.26. The number of amides is 1. The van der Waals surface area contributed by atoms with Crippen molar-refractivity contribution in [3.8, 4) is 5.75 Å². The Labute approximate surface area is 236 Å². The highest BCUT2D eigenvalue weighted by molar-refractivity contribution is 6.33. The summed E-state index contributed by atoms with van der Waals surface area (Å²) in [4.78, 5) is 23.3. The van der Waals surface area contributed by atoms with Gasteiger partial charge in [0.2, 0.25) is 0 Å². The number of halogens is 3. The first-order valence-corrected chi connectivity index (χ1v) is 13.4. The third kappa shape index (κ3) is 6.35. The van der Waals surface area contributed by atoms with Crippen LogP contribution in [-0.4, -0.2) is 28.6 Å². The van der Waals surface area contributed by atoms with E-state index in [1.54, 1.807) is 36.4 Å². The van der Waals surface area contributed by atoms with Crippen molar-refractivity contribution in [2.45, 2.75) is 38.0 Å². The zero-order valence-electron chi connectivity index (χ0n) is 21.3. The number of carbonyl (C=O) groups is 2. The van der Waals surface area contributed by atoms with Gasteiger partial charge in [0.05, 0.1) is 11.8 Å². The maximum absolute atomic E-state index is 14.9. The minimum atomic E-state index is -0.985. The number of phenols is 1. The van der Waals surface area contributed by atoms with Gasteiger partial charge in [0.25, 0.3) is 5.91 Å². The van der Waals surface area contributed by atoms with E-state index in [9.17, 15) is 19.1 Å². The van der Waals surface area contributed by atoms with Gasteiger partial charge in [0.15, 0.2) is 0 Å². The van der Waals surface area contributed by atoms with Crippen molar-refractivity contribution >= 4 is 45.9 Å². The van der Waals surface area contributed by atoms with Gasteiger partial charge in [-0.15, -0.1) is 0 Å². The van der Waals surface area contributed by atoms with E-state index in [2.05, 4.69) is 12.2 Å². The van der Waals surface area contributed by atoms with Crippen LogP contribution in [0.5, 0.6) is 5.75 Å². The lowest BCUT2D eigenvalue weighted by molar-refractivity contribution is -0.136. The summed E-state index contributed by atoms with van der Waals surface area (Å²) < 4.78 is 14.9. The van der Waals surface area contributed by atoms with E-state index in [1.807, 2.05) is 24.3 Å². The topological polar surface area (TPSA) is 86.6 Å². The SMILES string of the molecule is CCCC(c1ccc(C(=O)NCCC(=O)O)cc1)C(c1ccc(Cl)cc1)c1c(Cl)cc(O)c2c(F)cccc12. The Morgan fingerprint density at radius 1 is 0.974 bits per heavy atom. The molecule has 0 radical (unpaired) electrons. The molecule has 4 aromatic carbocycles. The zero-order valence-corrected chi connectivity index (χ0v) is 22.8. The average molecular weight is 568 g/mol. The predicted octanol–water partition coefficient (Wildman–Crippen LogP) is 7.91. The van der Waals surface area contributed by atoms with Crippen molar-refractivity contribution in [3.63, 3.8) is 0 Å². The Kier molecular flexibility index (Phi) is 9.10. The van der Waals surface area contributed by atoms with E-state index >= 15 is 0 Å². The summed E-state index contributed by atoms with van der Waals surface area (Å²) in [5, 5.41) is 23.5. The predicted molar refractivity (Wildman–Crippen MR) is 153 cm³/mol. The molecule has 4 rings (SSSR count). The van der Waals surface area contributed by atoms with E-state index in [0.29, 0.717) is 26.6 Å². The highest BCUT2D eigenvalue weighted by Crippen LogP contribution is 2.48. The molecule has 0 saturated heterocycles. The van der Waals surface area contributed by atoms with Crippen LogP contribution in [0.15, 0.2) is 72.8 Å². The second-order valence-electron chi connectivity index (χ2n) is 9.40. The number of aromatic hydroxyl groups is 1. The number of fused-ring (bicyclic) bond motifs is 1. The maximum atomic E-state index is 14.9. The van der Waals surface area contributed by atoms with Crippen LogP contribution in [-0.2, 0) is 4.79 Å². The molecule has 0 aliphatic heterocycles. The van der Waals surface area contributed by atoms with Crippen LogP contribution >= 0.6 is 23.2 Å². The summed E-state index contributed by atoms with van der Waals surface area (Å²) in [6, 6.07) is 20.7. The molecule has 0 aliphatic rings. The smallest absolute Gasteiger partial charge is 0.305 e. The molecule has 0 aromatic heterocycles. The van der Waals surface area contributed by atoms with E-state index in [4.69, 9.17) is 28.3 Å². The van der Waals surface area contributed by atoms with Gasteiger partial charge in [-0.3, -0.25) is 9.59 Å². The van der Waals surface area contributed by atoms with E-state index in [1.165, 1.54) is 12.1 Å². The van der Waals surface area contributed by atoms with Crippen LogP contribution in [0.2, 0.25) is 10.0 Å². The minimum Gasteiger partial charge on any atom is -0.507 e. The van der Waals surface area contributed by atoms with Crippen molar-refractivity contribution in [3.05, 3.63) is 111 Å². The van der Waals surface area contributed by atoms with Gasteiger partial charge >= 0.3 is 5.97 Å². The van der Waals surface area contributed by atoms with E-state index in [-0.39, 0.29) is 41.8 Å². The number of hydrogen-bond donors (Lipinski definition) is 3. The van der Waals surface area contributed by atoms with Crippen LogP contribution in [0.3, 0.4) is 0 Å². The summed E-state index contributed by atoms with van der Waals surface area (Å²) >= 11 is 13.0. The number of rotatable bonds is 10. The quantitative estimate of drug-likeness (QED) is 0.182. The number of nitrogens with one attached hydrogen (secondary N) is 1. The first-order valence-electron chi connectivity index (χ1n) is 12.7. The number of benzene rings is 4. The highest BCUT2D eigenvalue weighted by Gasteiger charge is 2.30. The average Bonchev–Trinajstić information content (AvgIpc) is 2.90. The lowest BCUT2D eigenvalue weighted by Gasteiger charge is -2.31. The van der Waals surface area contributed by atoms with Gasteiger partial charge < -0.3 is 15.5 Å². The Balaban J connectivity index is 1.84. The number of phenolic OH excluding ortho intramolecular Hbond substituents is 1. The third-order valence-electron chi connectivity index (χ3n) is 6.85. The Morgan fingerprint density at radius 2 is 1.64 bits per heavy atom. The number of hydrogen-bond acceptors (Lipinski definition) is 3. The number of carboxylic acids is 1. The van der Waals surface area contributed by atoms with Gasteiger partial charge in [0.1, 0.15) is 11.6 Å². The van der Waals surface area contributed by atoms with E-state index in [0.717, 1.165) is 24.0 Å². The Morgan fingerprint density at radius 3 is 2.28 bits per heavy atom. The fraction of sp³-hybridized carbons (Fsp3) is 0.226. The number of aliphatic carboxylic acids is 1. The summed E-state index contributed by atoms with van der Waals surface area (Å²) in [5.41, 5.74) is 2.98. The van der Waals surface area contributed by atoms with Crippen molar-refractivity contribution in [2.24, 2.45) is 0 Å². The van der Waals surface area contributed by atoms with Crippen LogP contribution < -0.4 is 5.32 Å². The fourth-order valence-corrected chi connectivity index (χ4v) is 5.55. The molecule has 3 N–H and O–H groups in total. The molecule has 39 heavy (non-hydrogen) atoms. The van der Waals surface area contributed by atoms with Crippen LogP contribution in [0, 0.1) is 5.82 Å². The molecule has 0 spiro atoms. The molecular weight excluding hydrogens is 540 g/mol. The molecule has 202 valence electrons. The molecule has 1 amide bonds. The van der Waals surface area contributed by atoms with Gasteiger partial charge in [0, 0.05) is 28.1 Å². The molecule has 0 heterocycles. The summed E-state index contributed by atoms with van der Waals surface area (Å²) in [6.45, 7) is 2.11. The molecule has 5 nitrogen and oxygen atoms in total. The van der Waals surface area contributed by atoms with Crippen molar-refractivity contribution in [1.29, 1.82) is 0 Å². The second kappa shape index (κ2) is 12.5. The van der Waals surface area contributed by atoms with Crippen LogP contribution in [0.1, 0.15) is 65.1 Å². The molecule has 4 aromatic rings. The van der Waals surface area contributed by atoms with Gasteiger partial charge in [-0.05, 0) is 70.8 Å². The molecule has 8 heteroatoms. The van der Waals surface area contributed by atoms with Crippen LogP contribution in [0.4, 0.5) is 4.39 Å². The lowest BCUT2D eigenvalue weighted by atomic mass is 9.73. The first kappa shape index (κ1) is 28.4. The minimum absolute atomic E-state index is 0.0377. The molecule has 0 aliphatic carbocycles. The van der Waals surface area contributed by atoms with Crippen molar-refractivity contribution in [2.75, 3.05) is 6.54 Å². The largest absolute Gasteiger partial charge is 0.507 e. The zero-order chi connectivity index (χ0) is 28.1. The maximum Gasteiger partial charge on any atom is 0.305 e. The molecule has 0 fully saturated rings. The molecule has 0 saturated carbocycles. The van der Waals surface area contributed by atoms with Crippen LogP contribution in [0.25, 0.3) is 10.8 Å². The second-order valence-corrected chi connectivity index (χ2v) is 10.2. The fourth-order valence-electron chi connectivity index (χ4n) is 5.10. The first-order chi connectivity index (χ1) is 18.7. The van der Waals surface area contributed by atoms with E-state index < -0.39 is 11.8 Å². The Hall–Kier alpha value is -3.61. The standard InChI is InChI=1S/C31H28Cl2FNO4/c1-2-4-22(18-7-9-20(10-8-18)31(39)35-16-15-27(37)38)28(19-11-13-21(32)14-12-19)29-23-5-3-6-25(34)30(23)26(36)17-24(29)33/h3,5-14,17,22,28,36H,2,4,15-16H2,1H3,(H,35,39)(H,37,38). The highest BCUT2D eigenvalue weighted by atomic mass is 35.5. The van der Waals surface area contributed by atoms with Gasteiger partial charge in [-0.25, -0.2) is 4.39 Å². The van der Waals surface area contributed by atoms with Crippen molar-refractivity contribution < 1.29 is 24.2 Å². The molecule has 2 atom stereocenters. The molecular formula is C31H28Cl2FNO4. The monoisotopic (exact) mass is 567 g/mol. The normalized spacial score (nSPS) is 12.7. The molecule has 2 unspecified atom stereocenters. The summed E-state index contributed by atoms with van der Waals surface area (Å²) in [5.74, 6) is -2.54. The summed E-state index contributed by atoms with van der Waals surface area (Å²) in [7, 11) is 0. The molecule has 0 bridgehead atoms. The summed E-state index contributed by atoms with van der Waals surface area (Å²) in [6.07, 6.45) is 1.44. The van der Waals surface area contributed by atoms with Crippen molar-refractivity contribution in [1.82, 2.24) is 5.32 Å². The van der Waals surface area contributed by atoms with Gasteiger partial charge in [-0.2, -0.15) is 0 Å². The number of carbonyl (C=O) groups excluding carboxylic acids is 1. The third-order valence-corrected chi connectivity index (χ3v) is 7.41. The van der Waals surface area contributed by atoms with Gasteiger partial charge in [-0.1, -0.05) is 72.9 Å².